The average molecular weight is 355 g/mol. The van der Waals surface area contributed by atoms with E-state index in [1.54, 1.807) is 12.4 Å². The molecule has 8 heteroatoms. The quantitative estimate of drug-likeness (QED) is 0.822. The molecule has 8 nitrogen and oxygen atoms in total. The first kappa shape index (κ1) is 17.7. The number of hydrogen-bond acceptors (Lipinski definition) is 6. The van der Waals surface area contributed by atoms with Gasteiger partial charge in [-0.2, -0.15) is 0 Å². The van der Waals surface area contributed by atoms with Crippen molar-refractivity contribution in [3.63, 3.8) is 0 Å². The molecular weight excluding hydrogens is 334 g/mol. The summed E-state index contributed by atoms with van der Waals surface area (Å²) < 4.78 is 5.04. The van der Waals surface area contributed by atoms with Gasteiger partial charge >= 0.3 is 6.09 Å². The Bertz CT molecular complexity index is 730. The molecule has 3 rings (SSSR count). The molecule has 1 aliphatic rings. The van der Waals surface area contributed by atoms with Crippen LogP contribution in [0.15, 0.2) is 42.7 Å². The third-order valence-corrected chi connectivity index (χ3v) is 3.92. The Kier molecular flexibility index (Phi) is 5.97. The topological polar surface area (TPSA) is 96.5 Å². The molecule has 2 N–H and O–H groups in total. The number of anilines is 2. The van der Waals surface area contributed by atoms with Crippen LogP contribution in [0.3, 0.4) is 0 Å². The summed E-state index contributed by atoms with van der Waals surface area (Å²) in [6.07, 6.45) is 4.77. The van der Waals surface area contributed by atoms with Crippen LogP contribution >= 0.6 is 0 Å². The molecule has 0 aliphatic carbocycles. The van der Waals surface area contributed by atoms with Gasteiger partial charge in [0.25, 0.3) is 0 Å². The van der Waals surface area contributed by atoms with Gasteiger partial charge in [0.05, 0.1) is 18.1 Å². The number of nitrogens with one attached hydrogen (secondary N) is 2. The van der Waals surface area contributed by atoms with Gasteiger partial charge in [0.1, 0.15) is 13.2 Å². The standard InChI is InChI=1S/C18H21N5O3/c24-16(12-21-18(25)26-13-14-6-2-1-3-7-14)22-15-10-19-17(20-11-15)23-8-4-5-9-23/h1-3,6-7,10-11H,4-5,8-9,12-13H2,(H,21,25)(H,22,24). The van der Waals surface area contributed by atoms with Crippen molar-refractivity contribution in [2.75, 3.05) is 29.9 Å². The van der Waals surface area contributed by atoms with Crippen molar-refractivity contribution >= 4 is 23.6 Å². The lowest BCUT2D eigenvalue weighted by Crippen LogP contribution is -2.33. The number of alkyl carbamates (subject to hydrolysis) is 1. The van der Waals surface area contributed by atoms with Crippen molar-refractivity contribution in [1.29, 1.82) is 0 Å². The molecule has 1 aliphatic heterocycles. The van der Waals surface area contributed by atoms with E-state index in [9.17, 15) is 9.59 Å². The lowest BCUT2D eigenvalue weighted by molar-refractivity contribution is -0.115. The summed E-state index contributed by atoms with van der Waals surface area (Å²) in [6, 6.07) is 9.31. The number of rotatable bonds is 6. The summed E-state index contributed by atoms with van der Waals surface area (Å²) in [6.45, 7) is 1.88. The fourth-order valence-corrected chi connectivity index (χ4v) is 2.60. The highest BCUT2D eigenvalue weighted by Crippen LogP contribution is 2.15. The molecule has 1 aromatic carbocycles. The van der Waals surface area contributed by atoms with Crippen LogP contribution < -0.4 is 15.5 Å². The van der Waals surface area contributed by atoms with Crippen LogP contribution in [-0.2, 0) is 16.1 Å². The van der Waals surface area contributed by atoms with Crippen molar-refractivity contribution in [2.24, 2.45) is 0 Å². The van der Waals surface area contributed by atoms with Gasteiger partial charge in [0.2, 0.25) is 11.9 Å². The van der Waals surface area contributed by atoms with E-state index in [4.69, 9.17) is 4.74 Å². The molecule has 1 fully saturated rings. The number of carbonyl (C=O) groups excluding carboxylic acids is 2. The van der Waals surface area contributed by atoms with Crippen LogP contribution in [0.2, 0.25) is 0 Å². The zero-order chi connectivity index (χ0) is 18.2. The molecule has 0 bridgehead atoms. The summed E-state index contributed by atoms with van der Waals surface area (Å²) >= 11 is 0. The van der Waals surface area contributed by atoms with Gasteiger partial charge in [0, 0.05) is 13.1 Å². The molecule has 2 amide bonds. The molecule has 0 unspecified atom stereocenters. The number of amides is 2. The smallest absolute Gasteiger partial charge is 0.407 e. The predicted octanol–water partition coefficient (Wildman–Crippen LogP) is 1.94. The molecule has 0 saturated carbocycles. The zero-order valence-electron chi connectivity index (χ0n) is 14.4. The Balaban J connectivity index is 1.38. The van der Waals surface area contributed by atoms with Gasteiger partial charge in [0.15, 0.2) is 0 Å². The molecule has 0 atom stereocenters. The minimum Gasteiger partial charge on any atom is -0.445 e. The summed E-state index contributed by atoms with van der Waals surface area (Å²) in [5.74, 6) is 0.294. The Morgan fingerprint density at radius 2 is 1.77 bits per heavy atom. The van der Waals surface area contributed by atoms with Crippen molar-refractivity contribution in [3.8, 4) is 0 Å². The maximum Gasteiger partial charge on any atom is 0.407 e. The molecule has 0 radical (unpaired) electrons. The number of aromatic nitrogens is 2. The van der Waals surface area contributed by atoms with E-state index < -0.39 is 6.09 Å². The predicted molar refractivity (Wildman–Crippen MR) is 96.7 cm³/mol. The largest absolute Gasteiger partial charge is 0.445 e. The van der Waals surface area contributed by atoms with Gasteiger partial charge in [-0.15, -0.1) is 0 Å². The summed E-state index contributed by atoms with van der Waals surface area (Å²) in [5.41, 5.74) is 1.36. The maximum absolute atomic E-state index is 11.9. The highest BCUT2D eigenvalue weighted by Gasteiger charge is 2.14. The number of ether oxygens (including phenoxy) is 1. The van der Waals surface area contributed by atoms with Gasteiger partial charge in [-0.1, -0.05) is 30.3 Å². The fourth-order valence-electron chi connectivity index (χ4n) is 2.60. The first-order valence-electron chi connectivity index (χ1n) is 8.52. The number of carbonyl (C=O) groups is 2. The van der Waals surface area contributed by atoms with E-state index >= 15 is 0 Å². The van der Waals surface area contributed by atoms with Crippen molar-refractivity contribution in [3.05, 3.63) is 48.3 Å². The average Bonchev–Trinajstić information content (AvgIpc) is 3.21. The number of benzene rings is 1. The zero-order valence-corrected chi connectivity index (χ0v) is 14.4. The molecule has 136 valence electrons. The van der Waals surface area contributed by atoms with Crippen LogP contribution in [0.4, 0.5) is 16.4 Å². The Labute approximate surface area is 151 Å². The van der Waals surface area contributed by atoms with E-state index in [1.807, 2.05) is 30.3 Å². The monoisotopic (exact) mass is 355 g/mol. The molecule has 0 spiro atoms. The lowest BCUT2D eigenvalue weighted by Gasteiger charge is -2.14. The fraction of sp³-hybridized carbons (Fsp3) is 0.333. The van der Waals surface area contributed by atoms with E-state index in [2.05, 4.69) is 25.5 Å². The van der Waals surface area contributed by atoms with Gasteiger partial charge in [-0.3, -0.25) is 4.79 Å². The normalized spacial score (nSPS) is 13.3. The maximum atomic E-state index is 11.9. The Hall–Kier alpha value is -3.16. The third-order valence-electron chi connectivity index (χ3n) is 3.92. The molecule has 1 saturated heterocycles. The van der Waals surface area contributed by atoms with E-state index in [1.165, 1.54) is 0 Å². The second-order valence-electron chi connectivity index (χ2n) is 5.93. The van der Waals surface area contributed by atoms with Crippen LogP contribution in [0.1, 0.15) is 18.4 Å². The minimum absolute atomic E-state index is 0.153. The van der Waals surface area contributed by atoms with Crippen LogP contribution in [-0.4, -0.2) is 41.6 Å². The molecule has 1 aromatic heterocycles. The van der Waals surface area contributed by atoms with Crippen molar-refractivity contribution in [2.45, 2.75) is 19.4 Å². The highest BCUT2D eigenvalue weighted by atomic mass is 16.5. The van der Waals surface area contributed by atoms with E-state index in [0.717, 1.165) is 31.5 Å². The molecule has 2 heterocycles. The van der Waals surface area contributed by atoms with Crippen LogP contribution in [0.25, 0.3) is 0 Å². The summed E-state index contributed by atoms with van der Waals surface area (Å²) in [4.78, 5) is 34.1. The SMILES string of the molecule is O=C(CNC(=O)OCc1ccccc1)Nc1cnc(N2CCCC2)nc1. The number of nitrogens with zero attached hydrogens (tertiary/aromatic N) is 3. The number of hydrogen-bond donors (Lipinski definition) is 2. The van der Waals surface area contributed by atoms with Gasteiger partial charge < -0.3 is 20.3 Å². The molecule has 2 aromatic rings. The first-order valence-corrected chi connectivity index (χ1v) is 8.52. The third kappa shape index (κ3) is 5.17. The second kappa shape index (κ2) is 8.80. The molecule has 26 heavy (non-hydrogen) atoms. The van der Waals surface area contributed by atoms with E-state index in [0.29, 0.717) is 11.6 Å². The van der Waals surface area contributed by atoms with Gasteiger partial charge in [-0.05, 0) is 18.4 Å². The van der Waals surface area contributed by atoms with E-state index in [-0.39, 0.29) is 19.1 Å². The van der Waals surface area contributed by atoms with Crippen LogP contribution in [0, 0.1) is 0 Å². The summed E-state index contributed by atoms with van der Waals surface area (Å²) in [7, 11) is 0. The lowest BCUT2D eigenvalue weighted by atomic mass is 10.2. The Morgan fingerprint density at radius 3 is 2.46 bits per heavy atom. The highest BCUT2D eigenvalue weighted by molar-refractivity contribution is 5.93. The second-order valence-corrected chi connectivity index (χ2v) is 5.93. The first-order chi connectivity index (χ1) is 12.7. The Morgan fingerprint density at radius 1 is 1.08 bits per heavy atom. The minimum atomic E-state index is -0.648. The summed E-state index contributed by atoms with van der Waals surface area (Å²) in [5, 5.41) is 5.04. The van der Waals surface area contributed by atoms with Crippen molar-refractivity contribution in [1.82, 2.24) is 15.3 Å². The van der Waals surface area contributed by atoms with Crippen LogP contribution in [0.5, 0.6) is 0 Å². The molecular formula is C18H21N5O3. The van der Waals surface area contributed by atoms with Gasteiger partial charge in [-0.25, -0.2) is 14.8 Å². The van der Waals surface area contributed by atoms with Crippen molar-refractivity contribution < 1.29 is 14.3 Å².